The molecule has 2 N–H and O–H groups in total. The maximum atomic E-state index is 15.2. The fourth-order valence-corrected chi connectivity index (χ4v) is 12.4. The summed E-state index contributed by atoms with van der Waals surface area (Å²) in [5, 5.41) is 2.02. The first-order chi connectivity index (χ1) is 24.1. The van der Waals surface area contributed by atoms with Crippen LogP contribution in [0.1, 0.15) is 60.1 Å². The Kier molecular flexibility index (Phi) is 12.6. The molecular weight excluding hydrogens is 1030 g/mol. The number of ether oxygens (including phenoxy) is 1. The Labute approximate surface area is 336 Å². The third-order valence-corrected chi connectivity index (χ3v) is 15.8. The number of carbonyl (C=O) groups is 3. The Bertz CT molecular complexity index is 1570. The van der Waals surface area contributed by atoms with E-state index in [1.54, 1.807) is 16.2 Å². The Balaban J connectivity index is 1.17. The van der Waals surface area contributed by atoms with Crippen LogP contribution in [0.5, 0.6) is 0 Å². The van der Waals surface area contributed by atoms with Crippen molar-refractivity contribution >= 4 is 78.1 Å². The molecule has 0 aliphatic carbocycles. The number of likely N-dealkylation sites (tertiary alicyclic amines) is 3. The zero-order chi connectivity index (χ0) is 36.7. The number of hydrogen-bond acceptors (Lipinski definition) is 7. The van der Waals surface area contributed by atoms with Gasteiger partial charge in [-0.05, 0) is 103 Å². The van der Waals surface area contributed by atoms with Crippen LogP contribution in [0.4, 0.5) is 32.8 Å². The number of halogens is 7. The van der Waals surface area contributed by atoms with Crippen LogP contribution >= 0.6 is 56.5 Å². The van der Waals surface area contributed by atoms with Crippen molar-refractivity contribution in [3.63, 3.8) is 0 Å². The van der Waals surface area contributed by atoms with Gasteiger partial charge >= 0.3 is 190 Å². The van der Waals surface area contributed by atoms with Crippen LogP contribution in [-0.2, 0) is 30.4 Å². The van der Waals surface area contributed by atoms with E-state index in [9.17, 15) is 27.6 Å². The summed E-state index contributed by atoms with van der Waals surface area (Å²) in [7, 11) is 2.12. The average Bonchev–Trinajstić information content (AvgIpc) is 3.54. The molecule has 5 heterocycles. The summed E-state index contributed by atoms with van der Waals surface area (Å²) in [6, 6.07) is 4.06. The van der Waals surface area contributed by atoms with Crippen molar-refractivity contribution < 1.29 is 57.9 Å². The first-order valence-corrected chi connectivity index (χ1v) is 22.3. The van der Waals surface area contributed by atoms with Crippen molar-refractivity contribution in [2.75, 3.05) is 52.0 Å². The van der Waals surface area contributed by atoms with Gasteiger partial charge in [-0.25, -0.2) is 4.39 Å². The molecule has 2 aromatic rings. The number of piperidine rings is 3. The molecule has 1 aromatic heterocycles. The number of benzene rings is 1. The smallest absolute Gasteiger partial charge is 0.0373 e. The second-order valence-electron chi connectivity index (χ2n) is 13.9. The van der Waals surface area contributed by atoms with E-state index in [0.29, 0.717) is 57.4 Å². The van der Waals surface area contributed by atoms with Crippen LogP contribution in [0.15, 0.2) is 23.6 Å². The molecule has 3 fully saturated rings. The summed E-state index contributed by atoms with van der Waals surface area (Å²) in [4.78, 5) is 49.3. The van der Waals surface area contributed by atoms with Crippen molar-refractivity contribution in [2.24, 2.45) is 11.8 Å². The summed E-state index contributed by atoms with van der Waals surface area (Å²) in [6.07, 6.45) is -2.47. The summed E-state index contributed by atoms with van der Waals surface area (Å²) in [5.74, 6) is 0.586. The minimum Gasteiger partial charge on any atom is -0.0373 e. The SMILES string of the molecule is CN1CCC(C2CCN(C(=O)[C@@H](Cc3cc(C(F)(F)F)c(N)c(C(F)(I)I)c3)OC(=O)N3CCC(N4Cc5sccc5[I-]C4=O)CC3)CC2)CC1. The first kappa shape index (κ1) is 39.5. The molecule has 3 saturated heterocycles. The minimum atomic E-state index is -4.87. The van der Waals surface area contributed by atoms with E-state index in [1.807, 2.05) is 16.3 Å². The third kappa shape index (κ3) is 9.37. The molecule has 1 atom stereocenters. The Hall–Kier alpha value is -1.20. The van der Waals surface area contributed by atoms with Crippen molar-refractivity contribution in [1.82, 2.24) is 19.6 Å². The summed E-state index contributed by atoms with van der Waals surface area (Å²) in [5.41, 5.74) is 3.53. The van der Waals surface area contributed by atoms with E-state index in [1.165, 1.54) is 64.6 Å². The molecule has 0 unspecified atom stereocenters. The molecule has 17 heteroatoms. The minimum absolute atomic E-state index is 0.00666. The fourth-order valence-electron chi connectivity index (χ4n) is 7.70. The molecule has 3 amide bonds. The molecule has 4 aliphatic heterocycles. The standard InChI is InChI=1S/C34H41F4I3N5O4S/c1-43-9-2-21(3-10-43)22-4-11-44(12-5-22)30(47)27(18-20-16-24(33(35,36)37)29(42)25(17-20)34(38,39)40)50-32(49)45-13-6-23(7-14-45)46-19-28-26(8-15-51-28)41-31(46)48/h8,15-17,21-23,27H,2-7,9-14,18-19,42H2,1H3/q-1/t27-/m1/s1. The van der Waals surface area contributed by atoms with Crippen LogP contribution in [0, 0.1) is 15.4 Å². The van der Waals surface area contributed by atoms with E-state index in [-0.39, 0.29) is 27.5 Å². The van der Waals surface area contributed by atoms with Crippen LogP contribution in [0.25, 0.3) is 0 Å². The van der Waals surface area contributed by atoms with Crippen LogP contribution in [0.2, 0.25) is 0 Å². The molecule has 0 saturated carbocycles. The molecule has 0 radical (unpaired) electrons. The van der Waals surface area contributed by atoms with E-state index in [4.69, 9.17) is 10.5 Å². The number of nitrogens with two attached hydrogens (primary N) is 1. The van der Waals surface area contributed by atoms with Crippen molar-refractivity contribution in [2.45, 2.75) is 71.5 Å². The average molecular weight is 1070 g/mol. The number of fused-ring (bicyclic) bond motifs is 1. The van der Waals surface area contributed by atoms with Gasteiger partial charge in [-0.15, -0.1) is 0 Å². The fraction of sp³-hybridized carbons (Fsp3) is 0.618. The Morgan fingerprint density at radius 1 is 0.961 bits per heavy atom. The Morgan fingerprint density at radius 3 is 2.16 bits per heavy atom. The van der Waals surface area contributed by atoms with Crippen molar-refractivity contribution in [3.8, 4) is 0 Å². The van der Waals surface area contributed by atoms with Gasteiger partial charge in [0.1, 0.15) is 0 Å². The second-order valence-corrected chi connectivity index (χ2v) is 22.5. The molecule has 282 valence electrons. The second kappa shape index (κ2) is 16.3. The molecule has 0 bridgehead atoms. The maximum absolute atomic E-state index is 15.2. The molecule has 1 aromatic carbocycles. The number of nitrogens with zero attached hydrogens (tertiary/aromatic N) is 4. The number of anilines is 1. The van der Waals surface area contributed by atoms with Gasteiger partial charge < -0.3 is 10.6 Å². The molecule has 0 spiro atoms. The Morgan fingerprint density at radius 2 is 1.55 bits per heavy atom. The van der Waals surface area contributed by atoms with E-state index >= 15 is 4.39 Å². The number of thiophene rings is 1. The monoisotopic (exact) mass is 1070 g/mol. The van der Waals surface area contributed by atoms with Gasteiger partial charge in [0, 0.05) is 5.56 Å². The molecule has 9 nitrogen and oxygen atoms in total. The van der Waals surface area contributed by atoms with Gasteiger partial charge in [0.05, 0.1) is 11.3 Å². The summed E-state index contributed by atoms with van der Waals surface area (Å²) < 4.78 is 62.4. The van der Waals surface area contributed by atoms with Gasteiger partial charge in [-0.2, -0.15) is 13.2 Å². The zero-order valence-corrected chi connectivity index (χ0v) is 35.4. The first-order valence-electron chi connectivity index (χ1n) is 17.1. The number of carbonyl (C=O) groups excluding carboxylic acids is 3. The van der Waals surface area contributed by atoms with Crippen LogP contribution in [-0.4, -0.2) is 94.0 Å². The van der Waals surface area contributed by atoms with Crippen molar-refractivity contribution in [1.29, 1.82) is 0 Å². The van der Waals surface area contributed by atoms with Crippen LogP contribution < -0.4 is 26.9 Å². The number of alkyl halides is 6. The van der Waals surface area contributed by atoms with Crippen molar-refractivity contribution in [3.05, 3.63) is 48.7 Å². The predicted molar refractivity (Wildman–Crippen MR) is 199 cm³/mol. The quantitative estimate of drug-likeness (QED) is 0.111. The van der Waals surface area contributed by atoms with E-state index in [0.717, 1.165) is 44.8 Å². The zero-order valence-electron chi connectivity index (χ0n) is 28.1. The molecule has 4 aliphatic rings. The van der Waals surface area contributed by atoms with Gasteiger partial charge in [0.15, 0.2) is 0 Å². The molecule has 51 heavy (non-hydrogen) atoms. The normalized spacial score (nSPS) is 21.3. The van der Waals surface area contributed by atoms with Gasteiger partial charge in [0.2, 0.25) is 1.68 Å². The number of amides is 3. The number of hydrogen-bond donors (Lipinski definition) is 1. The predicted octanol–water partition coefficient (Wildman–Crippen LogP) is 4.29. The van der Waals surface area contributed by atoms with E-state index < -0.39 is 58.4 Å². The van der Waals surface area contributed by atoms with Gasteiger partial charge in [-0.3, -0.25) is 0 Å². The number of rotatable bonds is 7. The van der Waals surface area contributed by atoms with E-state index in [2.05, 4.69) is 11.9 Å². The topological polar surface area (TPSA) is 99.4 Å². The van der Waals surface area contributed by atoms with Gasteiger partial charge in [0.25, 0.3) is 0 Å². The third-order valence-electron chi connectivity index (χ3n) is 10.6. The molecule has 6 rings (SSSR count). The number of nitrogen functional groups attached to an aromatic ring is 1. The van der Waals surface area contributed by atoms with Gasteiger partial charge in [-0.1, -0.05) is 0 Å². The summed E-state index contributed by atoms with van der Waals surface area (Å²) >= 11 is 3.66. The summed E-state index contributed by atoms with van der Waals surface area (Å²) in [6.45, 7) is 4.20. The molecular formula is C34H41F4I3N5O4S-. The van der Waals surface area contributed by atoms with Crippen LogP contribution in [0.3, 0.4) is 0 Å².